The summed E-state index contributed by atoms with van der Waals surface area (Å²) in [6, 6.07) is 17.9. The predicted octanol–water partition coefficient (Wildman–Crippen LogP) is 3.17. The molecule has 28 heavy (non-hydrogen) atoms. The van der Waals surface area contributed by atoms with Gasteiger partial charge >= 0.3 is 0 Å². The number of aromatic nitrogens is 1. The number of ether oxygens (including phenoxy) is 2. The number of nitrogens with zero attached hydrogens (tertiary/aromatic N) is 1. The fourth-order valence-corrected chi connectivity index (χ4v) is 3.87. The van der Waals surface area contributed by atoms with E-state index in [1.807, 2.05) is 42.5 Å². The number of nitrogens with one attached hydrogen (secondary N) is 1. The fraction of sp³-hybridized carbons (Fsp3) is 0.217. The zero-order chi connectivity index (χ0) is 18.9. The molecule has 0 radical (unpaired) electrons. The summed E-state index contributed by atoms with van der Waals surface area (Å²) in [4.78, 5) is 16.6. The minimum absolute atomic E-state index is 0.0780. The first-order chi connectivity index (χ1) is 13.8. The lowest BCUT2D eigenvalue weighted by Gasteiger charge is -2.15. The van der Waals surface area contributed by atoms with Crippen LogP contribution in [0, 0.1) is 0 Å². The smallest absolute Gasteiger partial charge is 0.261 e. The Morgan fingerprint density at radius 3 is 2.64 bits per heavy atom. The van der Waals surface area contributed by atoms with Gasteiger partial charge in [0, 0.05) is 30.8 Å². The molecule has 3 aromatic rings. The van der Waals surface area contributed by atoms with Crippen molar-refractivity contribution < 1.29 is 14.3 Å². The van der Waals surface area contributed by atoms with Crippen molar-refractivity contribution >= 4 is 5.91 Å². The molecule has 3 heterocycles. The summed E-state index contributed by atoms with van der Waals surface area (Å²) < 4.78 is 12.0. The molecule has 0 saturated heterocycles. The molecule has 2 aromatic carbocycles. The van der Waals surface area contributed by atoms with Crippen molar-refractivity contribution in [3.63, 3.8) is 0 Å². The summed E-state index contributed by atoms with van der Waals surface area (Å²) in [6.45, 7) is 0.458. The fourth-order valence-electron chi connectivity index (χ4n) is 3.87. The van der Waals surface area contributed by atoms with E-state index in [9.17, 15) is 4.79 Å². The van der Waals surface area contributed by atoms with E-state index in [1.54, 1.807) is 12.4 Å². The maximum Gasteiger partial charge on any atom is 0.261 e. The maximum atomic E-state index is 12.5. The van der Waals surface area contributed by atoms with Crippen molar-refractivity contribution in [3.05, 3.63) is 78.1 Å². The van der Waals surface area contributed by atoms with Gasteiger partial charge in [-0.25, -0.2) is 0 Å². The van der Waals surface area contributed by atoms with Crippen LogP contribution in [-0.2, 0) is 17.6 Å². The lowest BCUT2D eigenvalue weighted by atomic mass is 10.0. The molecule has 2 aliphatic rings. The second-order valence-electron chi connectivity index (χ2n) is 7.14. The number of amides is 1. The lowest BCUT2D eigenvalue weighted by Crippen LogP contribution is -2.42. The Balaban J connectivity index is 1.23. The van der Waals surface area contributed by atoms with Crippen molar-refractivity contribution in [3.8, 4) is 22.6 Å². The standard InChI is InChI=1S/C23H20N2O3/c26-23(21-13-16-4-1-2-7-20(16)28-21)25-14-18-12-17-5-3-6-19(22(17)27-18)15-8-10-24-11-9-15/h1-11,18,21H,12-14H2,(H,25,26). The van der Waals surface area contributed by atoms with Gasteiger partial charge in [-0.3, -0.25) is 9.78 Å². The first kappa shape index (κ1) is 16.8. The summed E-state index contributed by atoms with van der Waals surface area (Å²) in [7, 11) is 0. The molecular weight excluding hydrogens is 352 g/mol. The van der Waals surface area contributed by atoms with Gasteiger partial charge in [0.2, 0.25) is 0 Å². The first-order valence-electron chi connectivity index (χ1n) is 9.49. The highest BCUT2D eigenvalue weighted by atomic mass is 16.5. The van der Waals surface area contributed by atoms with E-state index >= 15 is 0 Å². The second kappa shape index (κ2) is 7.00. The van der Waals surface area contributed by atoms with E-state index in [2.05, 4.69) is 22.4 Å². The van der Waals surface area contributed by atoms with Gasteiger partial charge in [-0.1, -0.05) is 36.4 Å². The van der Waals surface area contributed by atoms with Crippen LogP contribution < -0.4 is 14.8 Å². The van der Waals surface area contributed by atoms with Gasteiger partial charge in [0.05, 0.1) is 6.54 Å². The largest absolute Gasteiger partial charge is 0.487 e. The molecule has 0 aliphatic carbocycles. The third-order valence-electron chi connectivity index (χ3n) is 5.26. The minimum Gasteiger partial charge on any atom is -0.487 e. The summed E-state index contributed by atoms with van der Waals surface area (Å²) in [5.41, 5.74) is 4.38. The van der Waals surface area contributed by atoms with E-state index in [0.29, 0.717) is 13.0 Å². The Labute approximate surface area is 163 Å². The van der Waals surface area contributed by atoms with Crippen LogP contribution in [0.4, 0.5) is 0 Å². The monoisotopic (exact) mass is 372 g/mol. The molecule has 1 N–H and O–H groups in total. The number of fused-ring (bicyclic) bond motifs is 2. The number of rotatable bonds is 4. The van der Waals surface area contributed by atoms with Crippen molar-refractivity contribution in [1.29, 1.82) is 0 Å². The summed E-state index contributed by atoms with van der Waals surface area (Å²) >= 11 is 0. The molecule has 0 spiro atoms. The van der Waals surface area contributed by atoms with E-state index in [1.165, 1.54) is 0 Å². The van der Waals surface area contributed by atoms with Crippen molar-refractivity contribution in [2.24, 2.45) is 0 Å². The molecule has 0 bridgehead atoms. The van der Waals surface area contributed by atoms with Crippen LogP contribution in [0.3, 0.4) is 0 Å². The molecule has 0 saturated carbocycles. The molecule has 0 fully saturated rings. The molecule has 2 unspecified atom stereocenters. The van der Waals surface area contributed by atoms with Crippen LogP contribution in [0.5, 0.6) is 11.5 Å². The van der Waals surface area contributed by atoms with Crippen molar-refractivity contribution in [2.45, 2.75) is 25.0 Å². The lowest BCUT2D eigenvalue weighted by molar-refractivity contribution is -0.127. The molecule has 1 amide bonds. The van der Waals surface area contributed by atoms with E-state index in [4.69, 9.17) is 9.47 Å². The highest BCUT2D eigenvalue weighted by Crippen LogP contribution is 2.38. The topological polar surface area (TPSA) is 60.5 Å². The Bertz CT molecular complexity index is 994. The molecule has 2 aliphatic heterocycles. The normalized spacial score (nSPS) is 19.3. The quantitative estimate of drug-likeness (QED) is 0.764. The van der Waals surface area contributed by atoms with Crippen LogP contribution in [0.1, 0.15) is 11.1 Å². The van der Waals surface area contributed by atoms with Gasteiger partial charge < -0.3 is 14.8 Å². The molecule has 5 heteroatoms. The van der Waals surface area contributed by atoms with Crippen molar-refractivity contribution in [2.75, 3.05) is 6.54 Å². The molecule has 1 aromatic heterocycles. The van der Waals surface area contributed by atoms with Crippen LogP contribution in [0.15, 0.2) is 67.0 Å². The third kappa shape index (κ3) is 3.09. The number of hydrogen-bond acceptors (Lipinski definition) is 4. The Morgan fingerprint density at radius 2 is 1.79 bits per heavy atom. The Morgan fingerprint density at radius 1 is 0.964 bits per heavy atom. The average molecular weight is 372 g/mol. The first-order valence-corrected chi connectivity index (χ1v) is 9.49. The maximum absolute atomic E-state index is 12.5. The van der Waals surface area contributed by atoms with Crippen LogP contribution in [-0.4, -0.2) is 29.6 Å². The summed E-state index contributed by atoms with van der Waals surface area (Å²) in [5.74, 6) is 1.61. The van der Waals surface area contributed by atoms with Gasteiger partial charge in [-0.15, -0.1) is 0 Å². The molecule has 140 valence electrons. The number of pyridine rings is 1. The number of carbonyl (C=O) groups excluding carboxylic acids is 1. The van der Waals surface area contributed by atoms with Gasteiger partial charge in [-0.2, -0.15) is 0 Å². The average Bonchev–Trinajstić information content (AvgIpc) is 3.36. The number of carbonyl (C=O) groups is 1. The second-order valence-corrected chi connectivity index (χ2v) is 7.14. The number of hydrogen-bond donors (Lipinski definition) is 1. The number of benzene rings is 2. The SMILES string of the molecule is O=C(NCC1Cc2cccc(-c3ccncc3)c2O1)C1Cc2ccccc2O1. The highest BCUT2D eigenvalue weighted by molar-refractivity contribution is 5.82. The van der Waals surface area contributed by atoms with E-state index in [-0.39, 0.29) is 12.0 Å². The number of para-hydroxylation sites is 2. The minimum atomic E-state index is -0.464. The zero-order valence-electron chi connectivity index (χ0n) is 15.3. The van der Waals surface area contributed by atoms with Crippen LogP contribution >= 0.6 is 0 Å². The van der Waals surface area contributed by atoms with Crippen LogP contribution in [0.25, 0.3) is 11.1 Å². The van der Waals surface area contributed by atoms with E-state index in [0.717, 1.165) is 40.2 Å². The van der Waals surface area contributed by atoms with Gasteiger partial charge in [0.25, 0.3) is 5.91 Å². The van der Waals surface area contributed by atoms with Crippen molar-refractivity contribution in [1.82, 2.24) is 10.3 Å². The van der Waals surface area contributed by atoms with Gasteiger partial charge in [0.15, 0.2) is 6.10 Å². The highest BCUT2D eigenvalue weighted by Gasteiger charge is 2.31. The van der Waals surface area contributed by atoms with E-state index < -0.39 is 6.10 Å². The summed E-state index contributed by atoms with van der Waals surface area (Å²) in [6.07, 6.45) is 4.40. The van der Waals surface area contributed by atoms with Crippen LogP contribution in [0.2, 0.25) is 0 Å². The zero-order valence-corrected chi connectivity index (χ0v) is 15.3. The molecule has 5 nitrogen and oxygen atoms in total. The molecule has 2 atom stereocenters. The Hall–Kier alpha value is -3.34. The van der Waals surface area contributed by atoms with Gasteiger partial charge in [-0.05, 0) is 34.9 Å². The third-order valence-corrected chi connectivity index (χ3v) is 5.26. The predicted molar refractivity (Wildman–Crippen MR) is 105 cm³/mol. The van der Waals surface area contributed by atoms with Gasteiger partial charge in [0.1, 0.15) is 17.6 Å². The molecular formula is C23H20N2O3. The summed E-state index contributed by atoms with van der Waals surface area (Å²) in [5, 5.41) is 3.00. The molecule has 5 rings (SSSR count). The Kier molecular flexibility index (Phi) is 4.20.